The molecule has 20 heteroatoms. The van der Waals surface area contributed by atoms with E-state index in [1.807, 2.05) is 12.1 Å². The molecular formula is C47H51N9O9S2. The number of nitrogens with one attached hydrogen (secondary N) is 2. The van der Waals surface area contributed by atoms with Crippen LogP contribution in [0.1, 0.15) is 50.3 Å². The van der Waals surface area contributed by atoms with Gasteiger partial charge < -0.3 is 35.0 Å². The maximum Gasteiger partial charge on any atom is 0.407 e. The van der Waals surface area contributed by atoms with Crippen molar-refractivity contribution in [1.29, 1.82) is 0 Å². The minimum absolute atomic E-state index is 0.00169. The fraction of sp³-hybridized carbons (Fsp3) is 0.298. The highest BCUT2D eigenvalue weighted by Gasteiger charge is 2.45. The largest absolute Gasteiger partial charge is 0.497 e. The highest BCUT2D eigenvalue weighted by Crippen LogP contribution is 2.45. The van der Waals surface area contributed by atoms with E-state index in [0.29, 0.717) is 45.0 Å². The molecular weight excluding hydrogens is 899 g/mol. The van der Waals surface area contributed by atoms with Crippen LogP contribution in [-0.4, -0.2) is 95.6 Å². The zero-order chi connectivity index (χ0) is 47.7. The first-order chi connectivity index (χ1) is 31.9. The number of hydrogen-bond donors (Lipinski definition) is 3. The van der Waals surface area contributed by atoms with Gasteiger partial charge in [-0.2, -0.15) is 9.10 Å². The maximum atomic E-state index is 16.1. The molecule has 1 aliphatic carbocycles. The number of hydrogen-bond acceptors (Lipinski definition) is 14. The van der Waals surface area contributed by atoms with Crippen molar-refractivity contribution in [1.82, 2.24) is 39.8 Å². The zero-order valence-corrected chi connectivity index (χ0v) is 39.4. The van der Waals surface area contributed by atoms with Gasteiger partial charge >= 0.3 is 6.09 Å². The van der Waals surface area contributed by atoms with Crippen molar-refractivity contribution in [2.24, 2.45) is 0 Å². The third-order valence-corrected chi connectivity index (χ3v) is 15.5. The van der Waals surface area contributed by atoms with Gasteiger partial charge in [-0.25, -0.2) is 26.6 Å². The van der Waals surface area contributed by atoms with Crippen LogP contribution >= 0.6 is 0 Å². The van der Waals surface area contributed by atoms with E-state index in [9.17, 15) is 4.79 Å². The van der Waals surface area contributed by atoms with Crippen molar-refractivity contribution in [2.75, 3.05) is 27.1 Å². The van der Waals surface area contributed by atoms with Crippen LogP contribution in [-0.2, 0) is 44.2 Å². The van der Waals surface area contributed by atoms with Crippen molar-refractivity contribution >= 4 is 42.9 Å². The maximum absolute atomic E-state index is 16.1. The second-order valence-electron chi connectivity index (χ2n) is 17.1. The van der Waals surface area contributed by atoms with Gasteiger partial charge in [0.15, 0.2) is 15.8 Å². The Balaban J connectivity index is 1.35. The summed E-state index contributed by atoms with van der Waals surface area (Å²) in [6.45, 7) is 4.94. The Morgan fingerprint density at radius 3 is 1.91 bits per heavy atom. The van der Waals surface area contributed by atoms with Gasteiger partial charge in [0.25, 0.3) is 0 Å². The lowest BCUT2D eigenvalue weighted by atomic mass is 9.92. The van der Waals surface area contributed by atoms with E-state index >= 15 is 16.8 Å². The second-order valence-corrected chi connectivity index (χ2v) is 21.2. The molecule has 0 spiro atoms. The van der Waals surface area contributed by atoms with Gasteiger partial charge in [0, 0.05) is 24.7 Å². The molecule has 0 atom stereocenters. The Kier molecular flexibility index (Phi) is 13.0. The average Bonchev–Trinajstić information content (AvgIpc) is 3.92. The van der Waals surface area contributed by atoms with Gasteiger partial charge in [-0.1, -0.05) is 54.6 Å². The number of carbonyl (C=O) groups is 1. The number of sulfone groups is 1. The highest BCUT2D eigenvalue weighted by molar-refractivity contribution is 7.94. The number of rotatable bonds is 16. The summed E-state index contributed by atoms with van der Waals surface area (Å²) in [4.78, 5) is 20.6. The summed E-state index contributed by atoms with van der Waals surface area (Å²) in [5, 5.41) is 15.2. The van der Waals surface area contributed by atoms with Crippen LogP contribution in [0, 0.1) is 0 Å². The molecule has 4 N–H and O–H groups in total. The number of nitrogens with zero attached hydrogens (tertiary/aromatic N) is 6. The van der Waals surface area contributed by atoms with Crippen LogP contribution in [0.5, 0.6) is 17.2 Å². The molecule has 18 nitrogen and oxygen atoms in total. The van der Waals surface area contributed by atoms with Crippen molar-refractivity contribution < 1.29 is 40.6 Å². The summed E-state index contributed by atoms with van der Waals surface area (Å²) in [5.41, 5.74) is 8.88. The quantitative estimate of drug-likeness (QED) is 0.0908. The van der Waals surface area contributed by atoms with E-state index in [1.54, 1.807) is 107 Å². The summed E-state index contributed by atoms with van der Waals surface area (Å²) in [6, 6.07) is 28.6. The average molecular weight is 950 g/mol. The number of H-pyrrole nitrogens is 1. The minimum Gasteiger partial charge on any atom is -0.497 e. The highest BCUT2D eigenvalue weighted by atomic mass is 32.2. The number of carbonyl (C=O) groups excluding carboxylic acids is 1. The van der Waals surface area contributed by atoms with E-state index in [-0.39, 0.29) is 55.4 Å². The zero-order valence-electron chi connectivity index (χ0n) is 37.8. The Morgan fingerprint density at radius 2 is 1.36 bits per heavy atom. The molecule has 0 saturated heterocycles. The number of fused-ring (bicyclic) bond motifs is 1. The molecule has 1 aliphatic rings. The first kappa shape index (κ1) is 46.5. The van der Waals surface area contributed by atoms with Gasteiger partial charge in [-0.15, -0.1) is 10.2 Å². The standard InChI is InChI=1S/C47H51N9O9S2/c1-47(2,3)65-46(57)49-32-24-36(25-32)66(58,59)40-23-22-37(38-8-7-9-39-42(38)51-45(48)50-39)41(44-52-54-56(53-44)28-31-14-20-35(64-6)21-15-31)43(40)67(60,61)55(26-29-10-16-33(62-4)17-11-29)27-30-12-18-34(63-5)19-13-30/h7-23,32,36H,24-28H2,1-6H3,(H,49,57)(H3,48,50,51). The van der Waals surface area contributed by atoms with Crippen molar-refractivity contribution in [3.63, 3.8) is 0 Å². The van der Waals surface area contributed by atoms with Crippen molar-refractivity contribution in [3.05, 3.63) is 120 Å². The van der Waals surface area contributed by atoms with Gasteiger partial charge in [-0.05, 0) is 110 Å². The van der Waals surface area contributed by atoms with Gasteiger partial charge in [0.2, 0.25) is 15.8 Å². The van der Waals surface area contributed by atoms with E-state index < -0.39 is 52.6 Å². The van der Waals surface area contributed by atoms with Gasteiger partial charge in [-0.3, -0.25) is 0 Å². The Labute approximate surface area is 388 Å². The lowest BCUT2D eigenvalue weighted by molar-refractivity contribution is 0.0480. The molecule has 350 valence electrons. The molecule has 0 radical (unpaired) electrons. The molecule has 1 amide bonds. The number of sulfonamides is 1. The number of anilines is 1. The van der Waals surface area contributed by atoms with Crippen molar-refractivity contribution in [2.45, 2.75) is 79.9 Å². The number of para-hydroxylation sites is 1. The Bertz CT molecular complexity index is 3080. The van der Waals surface area contributed by atoms with Crippen LogP contribution in [0.15, 0.2) is 113 Å². The summed E-state index contributed by atoms with van der Waals surface area (Å²) < 4.78 is 85.4. The van der Waals surface area contributed by atoms with Crippen LogP contribution in [0.4, 0.5) is 10.7 Å². The molecule has 1 fully saturated rings. The number of benzene rings is 5. The number of aromatic nitrogens is 6. The molecule has 2 heterocycles. The second kappa shape index (κ2) is 18.7. The summed E-state index contributed by atoms with van der Waals surface area (Å²) in [7, 11) is -4.78. The first-order valence-corrected chi connectivity index (χ1v) is 24.3. The first-order valence-electron chi connectivity index (χ1n) is 21.3. The van der Waals surface area contributed by atoms with E-state index in [0.717, 1.165) is 5.56 Å². The molecule has 7 aromatic rings. The number of imidazole rings is 1. The minimum atomic E-state index is -4.91. The molecule has 5 aromatic carbocycles. The van der Waals surface area contributed by atoms with E-state index in [1.165, 1.54) is 35.5 Å². The van der Waals surface area contributed by atoms with Crippen LogP contribution in [0.25, 0.3) is 33.5 Å². The number of tetrazole rings is 1. The van der Waals surface area contributed by atoms with Gasteiger partial charge in [0.05, 0.1) is 54.6 Å². The molecule has 0 unspecified atom stereocenters. The lowest BCUT2D eigenvalue weighted by Gasteiger charge is -2.36. The third kappa shape index (κ3) is 10.1. The Morgan fingerprint density at radius 1 is 0.791 bits per heavy atom. The number of alkyl carbamates (subject to hydrolysis) is 1. The van der Waals surface area contributed by atoms with Crippen molar-refractivity contribution in [3.8, 4) is 39.8 Å². The van der Waals surface area contributed by atoms with Crippen LogP contribution in [0.2, 0.25) is 0 Å². The lowest BCUT2D eigenvalue weighted by Crippen LogP contribution is -2.51. The van der Waals surface area contributed by atoms with Crippen LogP contribution in [0.3, 0.4) is 0 Å². The molecule has 67 heavy (non-hydrogen) atoms. The molecule has 0 aliphatic heterocycles. The number of ether oxygens (including phenoxy) is 4. The number of nitrogen functional groups attached to an aromatic ring is 1. The fourth-order valence-electron chi connectivity index (χ4n) is 7.88. The Hall–Kier alpha value is -7.03. The predicted octanol–water partition coefficient (Wildman–Crippen LogP) is 6.76. The van der Waals surface area contributed by atoms with E-state index in [2.05, 4.69) is 25.6 Å². The summed E-state index contributed by atoms with van der Waals surface area (Å²) in [6.07, 6.45) is -0.684. The molecule has 0 bridgehead atoms. The molecule has 8 rings (SSSR count). The van der Waals surface area contributed by atoms with Crippen LogP contribution < -0.4 is 25.3 Å². The number of aromatic amines is 1. The summed E-state index contributed by atoms with van der Waals surface area (Å²) in [5.74, 6) is 1.73. The fourth-order valence-corrected chi connectivity index (χ4v) is 12.2. The topological polar surface area (TPSA) is 236 Å². The molecule has 1 saturated carbocycles. The number of nitrogens with two attached hydrogens (primary N) is 1. The normalized spacial score (nSPS) is 15.3. The monoisotopic (exact) mass is 949 g/mol. The SMILES string of the molecule is COc1ccc(CN(Cc2ccc(OC)cc2)S(=O)(=O)c2c(S(=O)(=O)C3CC(NC(=O)OC(C)(C)C)C3)ccc(-c3cccc4[nH]c(N)nc34)c2-c2nnn(Cc3ccc(OC)cc3)n2)cc1. The number of methoxy groups -OCH3 is 3. The smallest absolute Gasteiger partial charge is 0.407 e. The predicted molar refractivity (Wildman–Crippen MR) is 251 cm³/mol. The summed E-state index contributed by atoms with van der Waals surface area (Å²) >= 11 is 0. The third-order valence-electron chi connectivity index (χ3n) is 11.3. The van der Waals surface area contributed by atoms with Gasteiger partial charge in [0.1, 0.15) is 27.7 Å². The molecule has 2 aromatic heterocycles. The number of amides is 1. The van der Waals surface area contributed by atoms with E-state index in [4.69, 9.17) is 29.8 Å².